The first kappa shape index (κ1) is 12.5. The smallest absolute Gasteiger partial charge is 0.317 e. The van der Waals surface area contributed by atoms with Crippen molar-refractivity contribution in [2.75, 3.05) is 5.75 Å². The Morgan fingerprint density at radius 1 is 1.29 bits per heavy atom. The molecule has 1 rings (SSSR count). The Kier molecular flexibility index (Phi) is 5.42. The van der Waals surface area contributed by atoms with E-state index >= 15 is 0 Å². The van der Waals surface area contributed by atoms with Gasteiger partial charge in [0.05, 0.1) is 5.97 Å². The average Bonchev–Trinajstić information content (AvgIpc) is 2.03. The zero-order valence-electron chi connectivity index (χ0n) is 6.99. The summed E-state index contributed by atoms with van der Waals surface area (Å²) < 4.78 is 31.6. The molecule has 1 aromatic heterocycles. The van der Waals surface area contributed by atoms with Crippen LogP contribution in [0, 0.1) is 0 Å². The van der Waals surface area contributed by atoms with Gasteiger partial charge in [0.2, 0.25) is 0 Å². The highest BCUT2D eigenvalue weighted by molar-refractivity contribution is 7.86. The number of carboxylic acids is 1. The van der Waals surface area contributed by atoms with Crippen LogP contribution in [0.1, 0.15) is 0 Å². The van der Waals surface area contributed by atoms with Gasteiger partial charge in [0, 0.05) is 12.1 Å². The molecule has 0 fully saturated rings. The van der Waals surface area contributed by atoms with Gasteiger partial charge in [-0.1, -0.05) is 0 Å². The summed E-state index contributed by atoms with van der Waals surface area (Å²) in [6, 6.07) is 5.57. The van der Waals surface area contributed by atoms with Crippen LogP contribution in [-0.2, 0) is 14.9 Å². The maximum Gasteiger partial charge on any atom is 0.317 e. The van der Waals surface area contributed by atoms with Crippen LogP contribution in [0.25, 0.3) is 0 Å². The number of carbonyl (C=O) groups is 1. The summed E-state index contributed by atoms with van der Waals surface area (Å²) in [6.45, 7) is 0. The first-order valence-electron chi connectivity index (χ1n) is 3.37. The molecular formula is C7H8O6S. The molecule has 0 saturated heterocycles. The van der Waals surface area contributed by atoms with Crippen LogP contribution < -0.4 is 5.11 Å². The van der Waals surface area contributed by atoms with Crippen molar-refractivity contribution in [3.05, 3.63) is 30.7 Å². The van der Waals surface area contributed by atoms with Gasteiger partial charge in [0.25, 0.3) is 10.1 Å². The maximum absolute atomic E-state index is 9.58. The lowest BCUT2D eigenvalue weighted by molar-refractivity contribution is -0.301. The van der Waals surface area contributed by atoms with E-state index < -0.39 is 21.8 Å². The number of hydrogen-bond donors (Lipinski definition) is 1. The van der Waals surface area contributed by atoms with Gasteiger partial charge in [0.15, 0.2) is 0 Å². The molecule has 1 N–H and O–H groups in total. The third kappa shape index (κ3) is 10.5. The molecule has 0 atom stereocenters. The first-order chi connectivity index (χ1) is 6.42. The highest BCUT2D eigenvalue weighted by Crippen LogP contribution is 1.79. The zero-order valence-corrected chi connectivity index (χ0v) is 7.81. The topological polar surface area (TPSA) is 106 Å². The molecule has 0 bridgehead atoms. The second kappa shape index (κ2) is 6.06. The highest BCUT2D eigenvalue weighted by Gasteiger charge is 2.02. The van der Waals surface area contributed by atoms with Crippen LogP contribution >= 0.6 is 0 Å². The van der Waals surface area contributed by atoms with E-state index in [4.69, 9.17) is 4.55 Å². The summed E-state index contributed by atoms with van der Waals surface area (Å²) in [5.74, 6) is -3.15. The quantitative estimate of drug-likeness (QED) is 0.515. The predicted molar refractivity (Wildman–Crippen MR) is 44.5 cm³/mol. The Hall–Kier alpha value is -1.47. The van der Waals surface area contributed by atoms with Crippen LogP contribution in [0.15, 0.2) is 35.1 Å². The molecule has 1 aromatic rings. The van der Waals surface area contributed by atoms with E-state index in [-0.39, 0.29) is 0 Å². The Labute approximate surface area is 80.6 Å². The molecule has 1 heterocycles. The molecule has 78 valence electrons. The highest BCUT2D eigenvalue weighted by atomic mass is 32.2. The molecule has 7 heteroatoms. The summed E-state index contributed by atoms with van der Waals surface area (Å²) >= 11 is 0. The summed E-state index contributed by atoms with van der Waals surface area (Å²) in [4.78, 5) is 9.36. The Balaban J connectivity index is 0.000000249. The number of carboxylic acid groups (broad SMARTS) is 1. The minimum atomic E-state index is -4.39. The van der Waals surface area contributed by atoms with E-state index in [2.05, 4.69) is 4.42 Å². The fraction of sp³-hybridized carbons (Fsp3) is 0.143. The molecule has 0 amide bonds. The van der Waals surface area contributed by atoms with Gasteiger partial charge >= 0.3 is 12.5 Å². The largest absolute Gasteiger partial charge is 0.549 e. The second-order valence-electron chi connectivity index (χ2n) is 2.08. The normalized spacial score (nSPS) is 9.79. The lowest BCUT2D eigenvalue weighted by Gasteiger charge is -1.94. The fourth-order valence-electron chi connectivity index (χ4n) is 0.440. The molecule has 0 spiro atoms. The van der Waals surface area contributed by atoms with Crippen molar-refractivity contribution < 1.29 is 27.3 Å². The Morgan fingerprint density at radius 3 is 1.86 bits per heavy atom. The zero-order chi connectivity index (χ0) is 11.0. The van der Waals surface area contributed by atoms with Crippen molar-refractivity contribution in [3.63, 3.8) is 0 Å². The third-order valence-electron chi connectivity index (χ3n) is 0.837. The minimum absolute atomic E-state index is 1.34. The standard InChI is InChI=1S/C5H5O.C2H4O5S/c1-2-4-6-5-3-1;3-2(4)1-8(5,6)7/h1-5H;1H2,(H,3,4)(H,5,6,7)/q+1;/p-1. The van der Waals surface area contributed by atoms with Gasteiger partial charge in [-0.3, -0.25) is 4.55 Å². The van der Waals surface area contributed by atoms with Gasteiger partial charge in [0.1, 0.15) is 5.75 Å². The predicted octanol–water partition coefficient (Wildman–Crippen LogP) is -0.815. The van der Waals surface area contributed by atoms with Crippen LogP contribution in [-0.4, -0.2) is 24.7 Å². The van der Waals surface area contributed by atoms with Gasteiger partial charge in [-0.2, -0.15) is 8.42 Å². The van der Waals surface area contributed by atoms with E-state index in [9.17, 15) is 18.3 Å². The van der Waals surface area contributed by atoms with E-state index in [0.717, 1.165) is 0 Å². The number of hydrogen-bond acceptors (Lipinski definition) is 4. The molecule has 0 aliphatic rings. The maximum atomic E-state index is 9.58. The van der Waals surface area contributed by atoms with Crippen molar-refractivity contribution in [3.8, 4) is 0 Å². The average molecular weight is 220 g/mol. The summed E-state index contributed by atoms with van der Waals surface area (Å²) in [5, 5.41) is 9.36. The molecule has 6 nitrogen and oxygen atoms in total. The minimum Gasteiger partial charge on any atom is -0.549 e. The third-order valence-corrected chi connectivity index (χ3v) is 1.44. The van der Waals surface area contributed by atoms with Gasteiger partial charge in [-0.05, 0) is 6.07 Å². The van der Waals surface area contributed by atoms with Crippen LogP contribution in [0.4, 0.5) is 0 Å². The van der Waals surface area contributed by atoms with E-state index in [0.29, 0.717) is 0 Å². The van der Waals surface area contributed by atoms with Crippen molar-refractivity contribution in [1.82, 2.24) is 0 Å². The summed E-state index contributed by atoms with van der Waals surface area (Å²) in [7, 11) is -4.39. The van der Waals surface area contributed by atoms with Gasteiger partial charge in [-0.25, -0.2) is 4.42 Å². The van der Waals surface area contributed by atoms with E-state index in [1.807, 2.05) is 18.2 Å². The molecule has 14 heavy (non-hydrogen) atoms. The molecule has 0 aliphatic carbocycles. The van der Waals surface area contributed by atoms with Crippen LogP contribution in [0.2, 0.25) is 0 Å². The van der Waals surface area contributed by atoms with E-state index in [1.54, 1.807) is 12.5 Å². The molecule has 0 saturated carbocycles. The van der Waals surface area contributed by atoms with E-state index in [1.165, 1.54) is 0 Å². The summed E-state index contributed by atoms with van der Waals surface area (Å²) in [6.07, 6.45) is 3.25. The van der Waals surface area contributed by atoms with Gasteiger partial charge in [-0.15, -0.1) is 0 Å². The molecule has 0 aliphatic heterocycles. The fourth-order valence-corrected chi connectivity index (χ4v) is 0.738. The Bertz CT molecular complexity index is 330. The number of aliphatic carboxylic acids is 1. The van der Waals surface area contributed by atoms with Crippen molar-refractivity contribution in [2.24, 2.45) is 0 Å². The molecule has 0 unspecified atom stereocenters. The van der Waals surface area contributed by atoms with Crippen molar-refractivity contribution in [1.29, 1.82) is 0 Å². The lowest BCUT2D eigenvalue weighted by Crippen LogP contribution is -2.30. The molecule has 0 radical (unpaired) electrons. The molecule has 0 aromatic carbocycles. The SMILES string of the molecule is O=C([O-])CS(=O)(=O)O.c1cc[o+]cc1. The lowest BCUT2D eigenvalue weighted by atomic mass is 10.6. The van der Waals surface area contributed by atoms with Crippen molar-refractivity contribution >= 4 is 16.1 Å². The van der Waals surface area contributed by atoms with Crippen LogP contribution in [0.3, 0.4) is 0 Å². The number of rotatable bonds is 2. The number of carbonyl (C=O) groups excluding carboxylic acids is 1. The first-order valence-corrected chi connectivity index (χ1v) is 4.98. The Morgan fingerprint density at radius 2 is 1.79 bits per heavy atom. The van der Waals surface area contributed by atoms with Gasteiger partial charge < -0.3 is 9.90 Å². The molecular weight excluding hydrogens is 212 g/mol. The monoisotopic (exact) mass is 220 g/mol. The summed E-state index contributed by atoms with van der Waals surface area (Å²) in [5.41, 5.74) is 0. The van der Waals surface area contributed by atoms with Crippen LogP contribution in [0.5, 0.6) is 0 Å². The second-order valence-corrected chi connectivity index (χ2v) is 3.54. The van der Waals surface area contributed by atoms with Crippen molar-refractivity contribution in [2.45, 2.75) is 0 Å².